The van der Waals surface area contributed by atoms with Crippen LogP contribution in [0.2, 0.25) is 16.6 Å². The van der Waals surface area contributed by atoms with Crippen molar-refractivity contribution in [3.05, 3.63) is 36.0 Å². The molecule has 0 aromatic rings. The molecule has 5 heteroatoms. The fourth-order valence-electron chi connectivity index (χ4n) is 4.47. The lowest BCUT2D eigenvalue weighted by Crippen LogP contribution is -2.47. The van der Waals surface area contributed by atoms with Crippen LogP contribution in [0, 0.1) is 5.92 Å². The van der Waals surface area contributed by atoms with Crippen LogP contribution in [0.15, 0.2) is 36.0 Å². The minimum atomic E-state index is -1.80. The van der Waals surface area contributed by atoms with E-state index in [0.717, 1.165) is 12.8 Å². The number of ether oxygens (including phenoxy) is 2. The van der Waals surface area contributed by atoms with E-state index in [1.54, 1.807) is 7.11 Å². The standard InChI is InChI=1S/C25H48O4Si/c1-20(2)30(21(3)4,22(5)6)29-18-12-10-11-13-24(8)25(28-19-27-9)15-14-23(7)16-17-26/h10-13,16,20-22,24-26H,14-15,17-19H2,1-9H3/b12-10-,13-11+,23-16-/t24-,25-/m1/s1. The molecular weight excluding hydrogens is 392 g/mol. The summed E-state index contributed by atoms with van der Waals surface area (Å²) in [6, 6.07) is 0. The van der Waals surface area contributed by atoms with Gasteiger partial charge in [0, 0.05) is 13.0 Å². The van der Waals surface area contributed by atoms with Gasteiger partial charge in [0.05, 0.1) is 19.3 Å². The quantitative estimate of drug-likeness (QED) is 0.127. The lowest BCUT2D eigenvalue weighted by molar-refractivity contribution is -0.0851. The molecule has 0 aliphatic carbocycles. The van der Waals surface area contributed by atoms with E-state index in [0.29, 0.717) is 30.0 Å². The molecule has 0 aliphatic rings. The Morgan fingerprint density at radius 1 is 0.967 bits per heavy atom. The Bertz CT molecular complexity index is 501. The van der Waals surface area contributed by atoms with Gasteiger partial charge in [0.2, 0.25) is 8.32 Å². The molecule has 0 amide bonds. The minimum Gasteiger partial charge on any atom is -0.412 e. The van der Waals surface area contributed by atoms with Crippen LogP contribution in [0.25, 0.3) is 0 Å². The first kappa shape index (κ1) is 29.3. The van der Waals surface area contributed by atoms with Crippen molar-refractivity contribution in [2.24, 2.45) is 5.92 Å². The maximum Gasteiger partial charge on any atom is 0.200 e. The summed E-state index contributed by atoms with van der Waals surface area (Å²) in [5, 5.41) is 9.03. The second-order valence-electron chi connectivity index (χ2n) is 9.18. The van der Waals surface area contributed by atoms with E-state index in [9.17, 15) is 0 Å². The number of hydrogen-bond acceptors (Lipinski definition) is 4. The van der Waals surface area contributed by atoms with Gasteiger partial charge in [-0.05, 0) is 36.4 Å². The van der Waals surface area contributed by atoms with Gasteiger partial charge in [-0.2, -0.15) is 0 Å². The third kappa shape index (κ3) is 10.1. The van der Waals surface area contributed by atoms with Crippen LogP contribution in [-0.2, 0) is 13.9 Å². The zero-order valence-electron chi connectivity index (χ0n) is 21.0. The Balaban J connectivity index is 4.83. The largest absolute Gasteiger partial charge is 0.412 e. The second kappa shape index (κ2) is 16.0. The number of hydrogen-bond donors (Lipinski definition) is 1. The van der Waals surface area contributed by atoms with Crippen molar-refractivity contribution in [2.45, 2.75) is 91.0 Å². The van der Waals surface area contributed by atoms with Gasteiger partial charge in [-0.25, -0.2) is 0 Å². The fourth-order valence-corrected chi connectivity index (χ4v) is 9.86. The van der Waals surface area contributed by atoms with E-state index in [1.165, 1.54) is 5.57 Å². The zero-order valence-corrected chi connectivity index (χ0v) is 22.0. The molecule has 0 radical (unpaired) electrons. The van der Waals surface area contributed by atoms with E-state index < -0.39 is 8.32 Å². The molecule has 0 aromatic carbocycles. The SMILES string of the molecule is COCO[C@H](CC/C(C)=C\CO)[C@H](C)/C=C/C=C\CO[Si](C(C)C)(C(C)C)C(C)C. The van der Waals surface area contributed by atoms with Crippen LogP contribution >= 0.6 is 0 Å². The van der Waals surface area contributed by atoms with Crippen molar-refractivity contribution in [3.63, 3.8) is 0 Å². The van der Waals surface area contributed by atoms with Crippen molar-refractivity contribution in [2.75, 3.05) is 27.1 Å². The lowest BCUT2D eigenvalue weighted by atomic mass is 9.97. The molecular formula is C25H48O4Si. The summed E-state index contributed by atoms with van der Waals surface area (Å²) in [6.07, 6.45) is 12.2. The van der Waals surface area contributed by atoms with Crippen LogP contribution in [0.3, 0.4) is 0 Å². The molecule has 1 N–H and O–H groups in total. The van der Waals surface area contributed by atoms with Gasteiger partial charge in [0.1, 0.15) is 6.79 Å². The predicted molar refractivity (Wildman–Crippen MR) is 131 cm³/mol. The van der Waals surface area contributed by atoms with Crippen LogP contribution in [0.5, 0.6) is 0 Å². The van der Waals surface area contributed by atoms with Crippen LogP contribution in [0.1, 0.15) is 68.2 Å². The molecule has 30 heavy (non-hydrogen) atoms. The third-order valence-electron chi connectivity index (χ3n) is 6.05. The molecule has 0 spiro atoms. The summed E-state index contributed by atoms with van der Waals surface area (Å²) < 4.78 is 17.5. The maximum absolute atomic E-state index is 9.03. The summed E-state index contributed by atoms with van der Waals surface area (Å²) >= 11 is 0. The second-order valence-corrected chi connectivity index (χ2v) is 14.6. The highest BCUT2D eigenvalue weighted by Crippen LogP contribution is 2.42. The highest BCUT2D eigenvalue weighted by Gasteiger charge is 2.44. The lowest BCUT2D eigenvalue weighted by Gasteiger charge is -2.41. The normalized spacial score (nSPS) is 16.0. The van der Waals surface area contributed by atoms with Gasteiger partial charge in [0.15, 0.2) is 0 Å². The Morgan fingerprint density at radius 2 is 1.57 bits per heavy atom. The number of allylic oxidation sites excluding steroid dienone is 3. The van der Waals surface area contributed by atoms with Crippen molar-refractivity contribution < 1.29 is 19.0 Å². The first-order chi connectivity index (χ1) is 14.1. The Hall–Kier alpha value is -0.723. The molecule has 0 saturated heterocycles. The molecule has 0 bridgehead atoms. The topological polar surface area (TPSA) is 47.9 Å². The van der Waals surface area contributed by atoms with Gasteiger partial charge in [-0.1, -0.05) is 84.4 Å². The molecule has 0 rings (SSSR count). The van der Waals surface area contributed by atoms with E-state index in [1.807, 2.05) is 13.0 Å². The summed E-state index contributed by atoms with van der Waals surface area (Å²) in [6.45, 7) is 19.2. The minimum absolute atomic E-state index is 0.0794. The highest BCUT2D eigenvalue weighted by molar-refractivity contribution is 6.77. The summed E-state index contributed by atoms with van der Waals surface area (Å²) in [7, 11) is -0.158. The predicted octanol–water partition coefficient (Wildman–Crippen LogP) is 6.63. The number of methoxy groups -OCH3 is 1. The monoisotopic (exact) mass is 440 g/mol. The van der Waals surface area contributed by atoms with Crippen molar-refractivity contribution in [1.82, 2.24) is 0 Å². The Labute approximate surface area is 187 Å². The molecule has 2 atom stereocenters. The fraction of sp³-hybridized carbons (Fsp3) is 0.760. The summed E-state index contributed by atoms with van der Waals surface area (Å²) in [5.41, 5.74) is 2.99. The van der Waals surface area contributed by atoms with Crippen molar-refractivity contribution >= 4 is 8.32 Å². The van der Waals surface area contributed by atoms with Gasteiger partial charge in [-0.3, -0.25) is 0 Å². The molecule has 4 nitrogen and oxygen atoms in total. The van der Waals surface area contributed by atoms with Gasteiger partial charge in [-0.15, -0.1) is 0 Å². The highest BCUT2D eigenvalue weighted by atomic mass is 28.4. The van der Waals surface area contributed by atoms with E-state index in [2.05, 4.69) is 72.8 Å². The van der Waals surface area contributed by atoms with Crippen LogP contribution in [0.4, 0.5) is 0 Å². The van der Waals surface area contributed by atoms with E-state index in [-0.39, 0.29) is 18.6 Å². The van der Waals surface area contributed by atoms with Crippen LogP contribution in [-0.4, -0.2) is 46.6 Å². The summed E-state index contributed by atoms with van der Waals surface area (Å²) in [4.78, 5) is 0. The molecule has 176 valence electrons. The molecule has 0 aliphatic heterocycles. The Morgan fingerprint density at radius 3 is 2.07 bits per heavy atom. The van der Waals surface area contributed by atoms with Gasteiger partial charge < -0.3 is 19.0 Å². The number of rotatable bonds is 16. The van der Waals surface area contributed by atoms with Crippen molar-refractivity contribution in [3.8, 4) is 0 Å². The zero-order chi connectivity index (χ0) is 23.2. The van der Waals surface area contributed by atoms with E-state index >= 15 is 0 Å². The van der Waals surface area contributed by atoms with Gasteiger partial charge >= 0.3 is 0 Å². The summed E-state index contributed by atoms with van der Waals surface area (Å²) in [5.74, 6) is 0.267. The molecule has 0 saturated carbocycles. The Kier molecular flexibility index (Phi) is 15.6. The molecule has 0 aromatic heterocycles. The maximum atomic E-state index is 9.03. The molecule has 0 heterocycles. The first-order valence-electron chi connectivity index (χ1n) is 11.5. The average molecular weight is 441 g/mol. The van der Waals surface area contributed by atoms with Gasteiger partial charge in [0.25, 0.3) is 0 Å². The van der Waals surface area contributed by atoms with E-state index in [4.69, 9.17) is 19.0 Å². The van der Waals surface area contributed by atoms with Crippen molar-refractivity contribution in [1.29, 1.82) is 0 Å². The smallest absolute Gasteiger partial charge is 0.200 e. The third-order valence-corrected chi connectivity index (χ3v) is 12.1. The number of aliphatic hydroxyl groups is 1. The average Bonchev–Trinajstić information content (AvgIpc) is 2.66. The molecule has 0 fully saturated rings. The molecule has 0 unspecified atom stereocenters. The number of aliphatic hydroxyl groups excluding tert-OH is 1. The first-order valence-corrected chi connectivity index (χ1v) is 13.6. The van der Waals surface area contributed by atoms with Crippen LogP contribution < -0.4 is 0 Å².